The lowest BCUT2D eigenvalue weighted by molar-refractivity contribution is -0.152. The van der Waals surface area contributed by atoms with Gasteiger partial charge in [0.25, 0.3) is 0 Å². The molecule has 1 aromatic carbocycles. The van der Waals surface area contributed by atoms with Crippen LogP contribution in [-0.2, 0) is 9.59 Å². The molecule has 23 heavy (non-hydrogen) atoms. The molecule has 0 radical (unpaired) electrons. The van der Waals surface area contributed by atoms with Gasteiger partial charge in [-0.1, -0.05) is 29.8 Å². The molecule has 120 valence electrons. The maximum atomic E-state index is 12.8. The minimum absolute atomic E-state index is 0.00120. The molecule has 2 bridgehead atoms. The van der Waals surface area contributed by atoms with Gasteiger partial charge in [-0.25, -0.2) is 0 Å². The summed E-state index contributed by atoms with van der Waals surface area (Å²) >= 11 is 6.10. The van der Waals surface area contributed by atoms with Crippen LogP contribution >= 0.6 is 11.6 Å². The number of fused-ring (bicyclic) bond motifs is 1. The molecular weight excluding hydrogens is 314 g/mol. The number of nitrogens with one attached hydrogen (secondary N) is 1. The average molecular weight is 332 g/mol. The largest absolute Gasteiger partial charge is 0.481 e. The van der Waals surface area contributed by atoms with Gasteiger partial charge in [0.2, 0.25) is 5.91 Å². The highest BCUT2D eigenvalue weighted by Gasteiger charge is 2.62. The number of carboxylic acid groups (broad SMARTS) is 1. The Morgan fingerprint density at radius 1 is 1.17 bits per heavy atom. The van der Waals surface area contributed by atoms with E-state index in [1.54, 1.807) is 18.2 Å². The van der Waals surface area contributed by atoms with Gasteiger partial charge in [-0.2, -0.15) is 0 Å². The highest BCUT2D eigenvalue weighted by molar-refractivity contribution is 6.31. The zero-order valence-electron chi connectivity index (χ0n) is 12.7. The molecule has 4 nitrogen and oxygen atoms in total. The minimum Gasteiger partial charge on any atom is -0.481 e. The Hall–Kier alpha value is -1.81. The Kier molecular flexibility index (Phi) is 3.27. The van der Waals surface area contributed by atoms with E-state index < -0.39 is 17.8 Å². The monoisotopic (exact) mass is 331 g/mol. The predicted octanol–water partition coefficient (Wildman–Crippen LogP) is 3.36. The van der Waals surface area contributed by atoms with E-state index >= 15 is 0 Å². The highest BCUT2D eigenvalue weighted by Crippen LogP contribution is 2.63. The summed E-state index contributed by atoms with van der Waals surface area (Å²) in [6.45, 7) is 1.84. The summed E-state index contributed by atoms with van der Waals surface area (Å²) in [5.74, 6) is -1.19. The van der Waals surface area contributed by atoms with Crippen LogP contribution in [0.25, 0.3) is 0 Å². The Bertz CT molecular complexity index is 729. The van der Waals surface area contributed by atoms with Gasteiger partial charge in [0.1, 0.15) is 0 Å². The van der Waals surface area contributed by atoms with Crippen molar-refractivity contribution >= 4 is 29.2 Å². The second-order valence-electron chi connectivity index (χ2n) is 6.89. The standard InChI is InChI=1S/C18H18ClNO3/c1-8-13(19)3-2-4-14(8)20-17(21)15-9-5-6-10(12-7-11(9)12)16(15)18(22)23/h2-6,9-12,15-16H,7H2,1H3,(H,20,21)(H,22,23)/t9-,10-,11-,12-,15+,16-/m0/s1. The van der Waals surface area contributed by atoms with E-state index in [0.717, 1.165) is 12.0 Å². The zero-order chi connectivity index (χ0) is 16.3. The van der Waals surface area contributed by atoms with Gasteiger partial charge in [-0.05, 0) is 54.7 Å². The van der Waals surface area contributed by atoms with Crippen molar-refractivity contribution in [1.82, 2.24) is 0 Å². The summed E-state index contributed by atoms with van der Waals surface area (Å²) in [6, 6.07) is 5.35. The molecular formula is C18H18ClNO3. The number of benzene rings is 1. The van der Waals surface area contributed by atoms with Crippen molar-refractivity contribution in [3.05, 3.63) is 40.9 Å². The number of carboxylic acids is 1. The first kappa shape index (κ1) is 14.8. The summed E-state index contributed by atoms with van der Waals surface area (Å²) < 4.78 is 0. The summed E-state index contributed by atoms with van der Waals surface area (Å²) in [4.78, 5) is 24.6. The number of anilines is 1. The molecule has 0 aliphatic heterocycles. The van der Waals surface area contributed by atoms with Gasteiger partial charge in [0, 0.05) is 10.7 Å². The quantitative estimate of drug-likeness (QED) is 0.835. The maximum absolute atomic E-state index is 12.8. The van der Waals surface area contributed by atoms with E-state index in [2.05, 4.69) is 11.4 Å². The molecule has 4 aliphatic carbocycles. The zero-order valence-corrected chi connectivity index (χ0v) is 13.5. The van der Waals surface area contributed by atoms with E-state index in [1.807, 2.05) is 13.0 Å². The topological polar surface area (TPSA) is 66.4 Å². The van der Waals surface area contributed by atoms with Gasteiger partial charge >= 0.3 is 5.97 Å². The van der Waals surface area contributed by atoms with Crippen molar-refractivity contribution in [3.63, 3.8) is 0 Å². The van der Waals surface area contributed by atoms with Crippen LogP contribution in [0.5, 0.6) is 0 Å². The second-order valence-corrected chi connectivity index (χ2v) is 7.30. The first-order chi connectivity index (χ1) is 11.0. The average Bonchev–Trinajstić information content (AvgIpc) is 3.33. The van der Waals surface area contributed by atoms with Crippen LogP contribution in [0.2, 0.25) is 5.02 Å². The van der Waals surface area contributed by atoms with Crippen LogP contribution in [-0.4, -0.2) is 17.0 Å². The van der Waals surface area contributed by atoms with Crippen molar-refractivity contribution < 1.29 is 14.7 Å². The van der Waals surface area contributed by atoms with Crippen LogP contribution in [0.1, 0.15) is 12.0 Å². The smallest absolute Gasteiger partial charge is 0.307 e. The van der Waals surface area contributed by atoms with Crippen LogP contribution in [0.3, 0.4) is 0 Å². The summed E-state index contributed by atoms with van der Waals surface area (Å²) in [7, 11) is 0. The van der Waals surface area contributed by atoms with Crippen molar-refractivity contribution in [3.8, 4) is 0 Å². The van der Waals surface area contributed by atoms with Crippen molar-refractivity contribution in [2.45, 2.75) is 13.3 Å². The molecule has 1 aromatic rings. The van der Waals surface area contributed by atoms with Crippen molar-refractivity contribution in [2.24, 2.45) is 35.5 Å². The molecule has 5 rings (SSSR count). The van der Waals surface area contributed by atoms with Crippen LogP contribution < -0.4 is 5.32 Å². The molecule has 2 saturated carbocycles. The first-order valence-corrected chi connectivity index (χ1v) is 8.34. The highest BCUT2D eigenvalue weighted by atomic mass is 35.5. The normalized spacial score (nSPS) is 36.4. The third kappa shape index (κ3) is 2.19. The molecule has 0 heterocycles. The van der Waals surface area contributed by atoms with Crippen molar-refractivity contribution in [1.29, 1.82) is 0 Å². The maximum Gasteiger partial charge on any atom is 0.307 e. The summed E-state index contributed by atoms with van der Waals surface area (Å²) in [5.41, 5.74) is 1.46. The second kappa shape index (κ2) is 5.10. The third-order valence-electron chi connectivity index (χ3n) is 5.77. The molecule has 2 fully saturated rings. The molecule has 0 spiro atoms. The van der Waals surface area contributed by atoms with E-state index in [0.29, 0.717) is 22.5 Å². The van der Waals surface area contributed by atoms with E-state index in [1.165, 1.54) is 0 Å². The number of halogens is 1. The Labute approximate surface area is 139 Å². The van der Waals surface area contributed by atoms with Gasteiger partial charge in [-0.15, -0.1) is 0 Å². The lowest BCUT2D eigenvalue weighted by atomic mass is 9.62. The molecule has 5 heteroatoms. The van der Waals surface area contributed by atoms with Gasteiger partial charge in [-0.3, -0.25) is 9.59 Å². The molecule has 1 amide bonds. The van der Waals surface area contributed by atoms with E-state index in [9.17, 15) is 14.7 Å². The Balaban J connectivity index is 1.63. The predicted molar refractivity (Wildman–Crippen MR) is 87.2 cm³/mol. The minimum atomic E-state index is -0.863. The van der Waals surface area contributed by atoms with Crippen molar-refractivity contribution in [2.75, 3.05) is 5.32 Å². The molecule has 0 saturated heterocycles. The Morgan fingerprint density at radius 2 is 1.83 bits per heavy atom. The SMILES string of the molecule is Cc1c(Cl)cccc1NC(=O)[C@@H]1[C@H]2C=C[C@@H]([C@@H]3C[C@@H]23)[C@@H]1C(=O)O. The van der Waals surface area contributed by atoms with Gasteiger partial charge in [0.05, 0.1) is 11.8 Å². The molecule has 6 atom stereocenters. The number of carbonyl (C=O) groups is 2. The fraction of sp³-hybridized carbons (Fsp3) is 0.444. The van der Waals surface area contributed by atoms with Crippen LogP contribution in [0, 0.1) is 42.4 Å². The lowest BCUT2D eigenvalue weighted by Crippen LogP contribution is -2.48. The Morgan fingerprint density at radius 3 is 2.48 bits per heavy atom. The summed E-state index contributed by atoms with van der Waals surface area (Å²) in [5, 5.41) is 13.1. The number of carbonyl (C=O) groups excluding carboxylic acids is 1. The third-order valence-corrected chi connectivity index (χ3v) is 6.17. The first-order valence-electron chi connectivity index (χ1n) is 7.96. The van der Waals surface area contributed by atoms with E-state index in [4.69, 9.17) is 11.6 Å². The number of hydrogen-bond donors (Lipinski definition) is 2. The van der Waals surface area contributed by atoms with Gasteiger partial charge in [0.15, 0.2) is 0 Å². The van der Waals surface area contributed by atoms with Crippen LogP contribution in [0.15, 0.2) is 30.4 Å². The number of amides is 1. The fourth-order valence-electron chi connectivity index (χ4n) is 4.53. The molecule has 4 aliphatic rings. The molecule has 2 N–H and O–H groups in total. The number of rotatable bonds is 3. The van der Waals surface area contributed by atoms with Crippen LogP contribution in [0.4, 0.5) is 5.69 Å². The molecule has 0 unspecified atom stereocenters. The van der Waals surface area contributed by atoms with Gasteiger partial charge < -0.3 is 10.4 Å². The number of allylic oxidation sites excluding steroid dienone is 2. The fourth-order valence-corrected chi connectivity index (χ4v) is 4.70. The number of hydrogen-bond acceptors (Lipinski definition) is 2. The molecule has 0 aromatic heterocycles. The summed E-state index contributed by atoms with van der Waals surface area (Å²) in [6.07, 6.45) is 5.13. The van der Waals surface area contributed by atoms with E-state index in [-0.39, 0.29) is 17.7 Å². The number of aliphatic carboxylic acids is 1. The lowest BCUT2D eigenvalue weighted by Gasteiger charge is -2.41.